The summed E-state index contributed by atoms with van der Waals surface area (Å²) in [7, 11) is 0. The fourth-order valence-electron chi connectivity index (χ4n) is 0.809. The Kier molecular flexibility index (Phi) is 5.88. The summed E-state index contributed by atoms with van der Waals surface area (Å²) in [5.41, 5.74) is 0. The van der Waals surface area contributed by atoms with E-state index in [9.17, 15) is 5.11 Å². The Hall–Kier alpha value is 0.830. The van der Waals surface area contributed by atoms with Gasteiger partial charge in [-0.3, -0.25) is 0 Å². The van der Waals surface area contributed by atoms with Gasteiger partial charge < -0.3 is 5.11 Å². The first-order valence-corrected chi connectivity index (χ1v) is 4.84. The summed E-state index contributed by atoms with van der Waals surface area (Å²) >= 11 is 16.4. The lowest BCUT2D eigenvalue weighted by molar-refractivity contribution is 0.153. The van der Waals surface area contributed by atoms with Gasteiger partial charge in [0.25, 0.3) is 0 Å². The van der Waals surface area contributed by atoms with Crippen molar-refractivity contribution >= 4 is 34.8 Å². The summed E-state index contributed by atoms with van der Waals surface area (Å²) < 4.78 is -1.31. The molecule has 11 heavy (non-hydrogen) atoms. The zero-order chi connectivity index (χ0) is 8.91. The molecule has 0 amide bonds. The van der Waals surface area contributed by atoms with Gasteiger partial charge >= 0.3 is 0 Å². The number of alkyl halides is 3. The summed E-state index contributed by atoms with van der Waals surface area (Å²) in [6.45, 7) is 2.06. The van der Waals surface area contributed by atoms with Gasteiger partial charge in [-0.2, -0.15) is 0 Å². The Morgan fingerprint density at radius 2 is 1.91 bits per heavy atom. The molecule has 1 atom stereocenters. The van der Waals surface area contributed by atoms with Crippen molar-refractivity contribution in [2.24, 2.45) is 0 Å². The average Bonchev–Trinajstić information content (AvgIpc) is 1.79. The van der Waals surface area contributed by atoms with Gasteiger partial charge in [0.1, 0.15) is 0 Å². The normalized spacial score (nSPS) is 15.0. The first-order chi connectivity index (χ1) is 4.95. The van der Waals surface area contributed by atoms with Crippen molar-refractivity contribution in [2.75, 3.05) is 0 Å². The van der Waals surface area contributed by atoms with E-state index in [2.05, 4.69) is 6.92 Å². The third-order valence-electron chi connectivity index (χ3n) is 1.36. The highest BCUT2D eigenvalue weighted by molar-refractivity contribution is 6.67. The largest absolute Gasteiger partial charge is 0.393 e. The topological polar surface area (TPSA) is 20.2 Å². The highest BCUT2D eigenvalue weighted by Gasteiger charge is 2.23. The minimum Gasteiger partial charge on any atom is -0.393 e. The molecular weight excluding hydrogens is 206 g/mol. The maximum atomic E-state index is 9.26. The van der Waals surface area contributed by atoms with Crippen LogP contribution in [-0.2, 0) is 0 Å². The Labute approximate surface area is 82.6 Å². The van der Waals surface area contributed by atoms with Crippen molar-refractivity contribution in [1.29, 1.82) is 0 Å². The number of aliphatic hydroxyl groups excluding tert-OH is 1. The Morgan fingerprint density at radius 3 is 2.27 bits per heavy atom. The number of hydrogen-bond acceptors (Lipinski definition) is 1. The molecule has 0 fully saturated rings. The van der Waals surface area contributed by atoms with Crippen molar-refractivity contribution in [3.63, 3.8) is 0 Å². The van der Waals surface area contributed by atoms with Gasteiger partial charge in [-0.15, -0.1) is 0 Å². The van der Waals surface area contributed by atoms with Crippen LogP contribution in [0.15, 0.2) is 0 Å². The van der Waals surface area contributed by atoms with Crippen molar-refractivity contribution < 1.29 is 5.11 Å². The summed E-state index contributed by atoms with van der Waals surface area (Å²) in [6, 6.07) is 0. The molecule has 0 saturated heterocycles. The summed E-state index contributed by atoms with van der Waals surface area (Å²) in [5, 5.41) is 9.26. The number of hydrogen-bond donors (Lipinski definition) is 1. The second-order valence-corrected chi connectivity index (χ2v) is 5.13. The van der Waals surface area contributed by atoms with E-state index >= 15 is 0 Å². The molecule has 1 unspecified atom stereocenters. The second-order valence-electron chi connectivity index (χ2n) is 2.62. The van der Waals surface area contributed by atoms with E-state index in [1.807, 2.05) is 0 Å². The number of halogens is 3. The predicted octanol–water partition coefficient (Wildman–Crippen LogP) is 3.30. The Morgan fingerprint density at radius 1 is 1.36 bits per heavy atom. The Bertz CT molecular complexity index is 100. The lowest BCUT2D eigenvalue weighted by Crippen LogP contribution is -2.16. The summed E-state index contributed by atoms with van der Waals surface area (Å²) in [6.07, 6.45) is 2.48. The Balaban J connectivity index is 3.44. The molecule has 0 radical (unpaired) electrons. The zero-order valence-corrected chi connectivity index (χ0v) is 8.75. The minimum absolute atomic E-state index is 0.220. The molecule has 0 spiro atoms. The molecule has 0 aliphatic heterocycles. The molecule has 0 saturated carbocycles. The molecule has 1 nitrogen and oxygen atoms in total. The highest BCUT2D eigenvalue weighted by Crippen LogP contribution is 2.32. The van der Waals surface area contributed by atoms with Gasteiger partial charge in [-0.25, -0.2) is 0 Å². The second kappa shape index (κ2) is 5.47. The third kappa shape index (κ3) is 8.74. The van der Waals surface area contributed by atoms with Gasteiger partial charge in [-0.1, -0.05) is 54.6 Å². The molecule has 0 aromatic rings. The first kappa shape index (κ1) is 11.8. The maximum absolute atomic E-state index is 9.26. The van der Waals surface area contributed by atoms with Gasteiger partial charge in [-0.05, 0) is 6.42 Å². The van der Waals surface area contributed by atoms with Crippen LogP contribution in [0, 0.1) is 0 Å². The molecule has 0 bridgehead atoms. The fourth-order valence-corrected chi connectivity index (χ4v) is 1.34. The SMILES string of the molecule is CCCCC(O)CC(Cl)(Cl)Cl. The lowest BCUT2D eigenvalue weighted by atomic mass is 10.1. The number of unbranched alkanes of at least 4 members (excludes halogenated alkanes) is 1. The summed E-state index contributed by atoms with van der Waals surface area (Å²) in [5.74, 6) is 0. The minimum atomic E-state index is -1.31. The molecular formula is C7H13Cl3O. The van der Waals surface area contributed by atoms with Crippen LogP contribution in [0.25, 0.3) is 0 Å². The molecule has 1 N–H and O–H groups in total. The molecule has 0 aliphatic rings. The molecule has 0 rings (SSSR count). The standard InChI is InChI=1S/C7H13Cl3O/c1-2-3-4-6(11)5-7(8,9)10/h6,11H,2-5H2,1H3. The van der Waals surface area contributed by atoms with E-state index in [1.165, 1.54) is 0 Å². The summed E-state index contributed by atoms with van der Waals surface area (Å²) in [4.78, 5) is 0. The quantitative estimate of drug-likeness (QED) is 0.720. The van der Waals surface area contributed by atoms with Crippen molar-refractivity contribution in [2.45, 2.75) is 42.5 Å². The van der Waals surface area contributed by atoms with E-state index in [-0.39, 0.29) is 6.42 Å². The van der Waals surface area contributed by atoms with Gasteiger partial charge in [0.15, 0.2) is 3.79 Å². The van der Waals surface area contributed by atoms with E-state index in [1.54, 1.807) is 0 Å². The predicted molar refractivity (Wildman–Crippen MR) is 50.4 cm³/mol. The van der Waals surface area contributed by atoms with Crippen LogP contribution >= 0.6 is 34.8 Å². The van der Waals surface area contributed by atoms with Crippen LogP contribution in [0.4, 0.5) is 0 Å². The fraction of sp³-hybridized carbons (Fsp3) is 1.00. The molecule has 0 heterocycles. The van der Waals surface area contributed by atoms with Gasteiger partial charge in [0.05, 0.1) is 6.10 Å². The smallest absolute Gasteiger partial charge is 0.193 e. The van der Waals surface area contributed by atoms with Crippen molar-refractivity contribution in [3.05, 3.63) is 0 Å². The van der Waals surface area contributed by atoms with Gasteiger partial charge in [0.2, 0.25) is 0 Å². The van der Waals surface area contributed by atoms with Crippen LogP contribution in [-0.4, -0.2) is 15.0 Å². The van der Waals surface area contributed by atoms with Crippen molar-refractivity contribution in [3.8, 4) is 0 Å². The van der Waals surface area contributed by atoms with Crippen LogP contribution in [0.3, 0.4) is 0 Å². The van der Waals surface area contributed by atoms with Crippen LogP contribution in [0.1, 0.15) is 32.6 Å². The monoisotopic (exact) mass is 218 g/mol. The van der Waals surface area contributed by atoms with E-state index in [4.69, 9.17) is 34.8 Å². The third-order valence-corrected chi connectivity index (χ3v) is 1.82. The number of rotatable bonds is 4. The molecule has 4 heteroatoms. The maximum Gasteiger partial charge on any atom is 0.193 e. The van der Waals surface area contributed by atoms with Crippen LogP contribution in [0.5, 0.6) is 0 Å². The molecule has 0 aromatic heterocycles. The van der Waals surface area contributed by atoms with E-state index < -0.39 is 9.90 Å². The molecule has 0 aromatic carbocycles. The average molecular weight is 220 g/mol. The zero-order valence-electron chi connectivity index (χ0n) is 6.49. The first-order valence-electron chi connectivity index (χ1n) is 3.70. The van der Waals surface area contributed by atoms with Gasteiger partial charge in [0, 0.05) is 6.42 Å². The van der Waals surface area contributed by atoms with E-state index in [0.717, 1.165) is 12.8 Å². The van der Waals surface area contributed by atoms with E-state index in [0.29, 0.717) is 6.42 Å². The lowest BCUT2D eigenvalue weighted by Gasteiger charge is -2.15. The molecule has 0 aliphatic carbocycles. The molecule has 68 valence electrons. The van der Waals surface area contributed by atoms with Crippen LogP contribution < -0.4 is 0 Å². The van der Waals surface area contributed by atoms with Crippen LogP contribution in [0.2, 0.25) is 0 Å². The number of aliphatic hydroxyl groups is 1. The highest BCUT2D eigenvalue weighted by atomic mass is 35.6. The van der Waals surface area contributed by atoms with Crippen molar-refractivity contribution in [1.82, 2.24) is 0 Å².